The van der Waals surface area contributed by atoms with Gasteiger partial charge in [0.2, 0.25) is 0 Å². The third-order valence-electron chi connectivity index (χ3n) is 3.78. The van der Waals surface area contributed by atoms with E-state index < -0.39 is 0 Å². The number of rotatable bonds is 3. The summed E-state index contributed by atoms with van der Waals surface area (Å²) in [5.74, 6) is 0.153. The molecule has 25 heavy (non-hydrogen) atoms. The predicted molar refractivity (Wildman–Crippen MR) is 103 cm³/mol. The molecule has 3 rings (SSSR count). The van der Waals surface area contributed by atoms with Crippen LogP contribution < -0.4 is 0 Å². The third kappa shape index (κ3) is 3.85. The molecule has 0 amide bonds. The molecule has 0 heterocycles. The average Bonchev–Trinajstić information content (AvgIpc) is 2.63. The Bertz CT molecular complexity index is 903. The average molecular weight is 366 g/mol. The second kappa shape index (κ2) is 7.44. The highest BCUT2D eigenvalue weighted by Crippen LogP contribution is 2.33. The van der Waals surface area contributed by atoms with Crippen molar-refractivity contribution in [3.8, 4) is 11.8 Å². The van der Waals surface area contributed by atoms with Gasteiger partial charge in [-0.2, -0.15) is 5.26 Å². The number of nitrogens with zero attached hydrogens (tertiary/aromatic N) is 1. The molecule has 1 N–H and O–H groups in total. The monoisotopic (exact) mass is 365 g/mol. The van der Waals surface area contributed by atoms with Crippen molar-refractivity contribution in [1.82, 2.24) is 0 Å². The van der Waals surface area contributed by atoms with Crippen LogP contribution in [0.25, 0.3) is 11.1 Å². The summed E-state index contributed by atoms with van der Waals surface area (Å²) in [4.78, 5) is 0. The summed E-state index contributed by atoms with van der Waals surface area (Å²) >= 11 is 12.0. The molecule has 0 aliphatic carbocycles. The van der Waals surface area contributed by atoms with Crippen LogP contribution in [0.1, 0.15) is 16.7 Å². The van der Waals surface area contributed by atoms with E-state index in [1.54, 1.807) is 48.5 Å². The van der Waals surface area contributed by atoms with Crippen LogP contribution in [0.2, 0.25) is 10.0 Å². The van der Waals surface area contributed by atoms with E-state index in [0.717, 1.165) is 22.3 Å². The van der Waals surface area contributed by atoms with Gasteiger partial charge in [-0.15, -0.1) is 0 Å². The molecule has 0 aliphatic heterocycles. The number of hydrogen-bond acceptors (Lipinski definition) is 2. The minimum Gasteiger partial charge on any atom is -0.508 e. The van der Waals surface area contributed by atoms with Crippen molar-refractivity contribution in [3.05, 3.63) is 99.5 Å². The molecule has 3 aromatic carbocycles. The molecule has 122 valence electrons. The van der Waals surface area contributed by atoms with Crippen LogP contribution in [0, 0.1) is 11.3 Å². The van der Waals surface area contributed by atoms with Crippen molar-refractivity contribution >= 4 is 34.3 Å². The molecule has 0 saturated carbocycles. The minimum absolute atomic E-state index is 0.153. The Morgan fingerprint density at radius 3 is 1.48 bits per heavy atom. The van der Waals surface area contributed by atoms with Crippen molar-refractivity contribution in [3.63, 3.8) is 0 Å². The summed E-state index contributed by atoms with van der Waals surface area (Å²) in [6.45, 7) is 0. The maximum atomic E-state index is 9.83. The molecule has 0 saturated heterocycles. The Kier molecular flexibility index (Phi) is 5.09. The van der Waals surface area contributed by atoms with Crippen LogP contribution in [-0.4, -0.2) is 5.11 Å². The summed E-state index contributed by atoms with van der Waals surface area (Å²) in [5, 5.41) is 20.6. The van der Waals surface area contributed by atoms with E-state index >= 15 is 0 Å². The highest BCUT2D eigenvalue weighted by Gasteiger charge is 2.14. The third-order valence-corrected chi connectivity index (χ3v) is 4.29. The molecule has 0 unspecified atom stereocenters. The zero-order valence-corrected chi connectivity index (χ0v) is 14.6. The predicted octanol–water partition coefficient (Wildman–Crippen LogP) is 6.18. The second-order valence-corrected chi connectivity index (χ2v) is 6.30. The van der Waals surface area contributed by atoms with Gasteiger partial charge >= 0.3 is 0 Å². The lowest BCUT2D eigenvalue weighted by atomic mass is 9.90. The Balaban J connectivity index is 2.28. The molecular formula is C21H13Cl2NO. The van der Waals surface area contributed by atoms with Gasteiger partial charge in [0.15, 0.2) is 0 Å². The smallest absolute Gasteiger partial charge is 0.115 e. The van der Waals surface area contributed by atoms with E-state index in [9.17, 15) is 10.4 Å². The summed E-state index contributed by atoms with van der Waals surface area (Å²) in [5.41, 5.74) is 3.75. The molecule has 0 atom stereocenters. The van der Waals surface area contributed by atoms with Crippen LogP contribution in [-0.2, 0) is 0 Å². The van der Waals surface area contributed by atoms with Crippen LogP contribution in [0.3, 0.4) is 0 Å². The Morgan fingerprint density at radius 1 is 0.680 bits per heavy atom. The first-order valence-corrected chi connectivity index (χ1v) is 8.30. The Labute approximate surface area is 156 Å². The molecule has 3 aromatic rings. The van der Waals surface area contributed by atoms with E-state index in [1.807, 2.05) is 24.3 Å². The molecule has 4 heteroatoms. The highest BCUT2D eigenvalue weighted by atomic mass is 35.5. The normalized spacial score (nSPS) is 10.1. The molecule has 0 spiro atoms. The SMILES string of the molecule is N#CC(=C(c1ccc(Cl)cc1)c1ccc(Cl)cc1)c1ccc(O)cc1. The van der Waals surface area contributed by atoms with Gasteiger partial charge in [0.1, 0.15) is 11.8 Å². The highest BCUT2D eigenvalue weighted by molar-refractivity contribution is 6.31. The van der Waals surface area contributed by atoms with Gasteiger partial charge in [-0.05, 0) is 65.2 Å². The van der Waals surface area contributed by atoms with Crippen molar-refractivity contribution in [2.45, 2.75) is 0 Å². The molecule has 0 radical (unpaired) electrons. The molecule has 0 aromatic heterocycles. The number of halogens is 2. The standard InChI is InChI=1S/C21H13Cl2NO/c22-17-7-1-15(2-8-17)21(16-3-9-18(23)10-4-16)20(13-24)14-5-11-19(25)12-6-14/h1-12,25H. The first-order chi connectivity index (χ1) is 12.1. The lowest BCUT2D eigenvalue weighted by Gasteiger charge is -2.13. The number of phenols is 1. The summed E-state index contributed by atoms with van der Waals surface area (Å²) in [7, 11) is 0. The maximum Gasteiger partial charge on any atom is 0.115 e. The number of phenolic OH excluding ortho intramolecular Hbond substituents is 1. The number of allylic oxidation sites excluding steroid dienone is 1. The number of aromatic hydroxyl groups is 1. The molecular weight excluding hydrogens is 353 g/mol. The van der Waals surface area contributed by atoms with Crippen molar-refractivity contribution < 1.29 is 5.11 Å². The Hall–Kier alpha value is -2.73. The molecule has 2 nitrogen and oxygen atoms in total. The molecule has 0 fully saturated rings. The zero-order valence-electron chi connectivity index (χ0n) is 13.1. The van der Waals surface area contributed by atoms with Gasteiger partial charge in [-0.1, -0.05) is 47.5 Å². The minimum atomic E-state index is 0.153. The van der Waals surface area contributed by atoms with E-state index in [-0.39, 0.29) is 5.75 Å². The number of hydrogen-bond donors (Lipinski definition) is 1. The summed E-state index contributed by atoms with van der Waals surface area (Å²) < 4.78 is 0. The second-order valence-electron chi connectivity index (χ2n) is 5.42. The lowest BCUT2D eigenvalue weighted by Crippen LogP contribution is -1.94. The quantitative estimate of drug-likeness (QED) is 0.444. The molecule has 0 aliphatic rings. The first kappa shape index (κ1) is 17.1. The van der Waals surface area contributed by atoms with Gasteiger partial charge in [-0.3, -0.25) is 0 Å². The first-order valence-electron chi connectivity index (χ1n) is 7.54. The van der Waals surface area contributed by atoms with Crippen LogP contribution in [0.15, 0.2) is 72.8 Å². The lowest BCUT2D eigenvalue weighted by molar-refractivity contribution is 0.475. The fourth-order valence-electron chi connectivity index (χ4n) is 2.58. The number of benzene rings is 3. The van der Waals surface area contributed by atoms with Gasteiger partial charge < -0.3 is 5.11 Å². The van der Waals surface area contributed by atoms with Crippen molar-refractivity contribution in [2.24, 2.45) is 0 Å². The van der Waals surface area contributed by atoms with Crippen LogP contribution in [0.5, 0.6) is 5.75 Å². The van der Waals surface area contributed by atoms with Gasteiger partial charge in [-0.25, -0.2) is 0 Å². The molecule has 0 bridgehead atoms. The van der Waals surface area contributed by atoms with E-state index in [1.165, 1.54) is 0 Å². The van der Waals surface area contributed by atoms with Gasteiger partial charge in [0.05, 0.1) is 5.57 Å². The summed E-state index contributed by atoms with van der Waals surface area (Å²) in [6.07, 6.45) is 0. The Morgan fingerprint density at radius 2 is 1.08 bits per heavy atom. The van der Waals surface area contributed by atoms with Crippen molar-refractivity contribution in [1.29, 1.82) is 5.26 Å². The largest absolute Gasteiger partial charge is 0.508 e. The van der Waals surface area contributed by atoms with Crippen LogP contribution in [0.4, 0.5) is 0 Å². The van der Waals surface area contributed by atoms with Crippen molar-refractivity contribution in [2.75, 3.05) is 0 Å². The maximum absolute atomic E-state index is 9.83. The topological polar surface area (TPSA) is 44.0 Å². The van der Waals surface area contributed by atoms with Gasteiger partial charge in [0.25, 0.3) is 0 Å². The van der Waals surface area contributed by atoms with E-state index in [4.69, 9.17) is 23.2 Å². The number of nitriles is 1. The van der Waals surface area contributed by atoms with Crippen LogP contribution >= 0.6 is 23.2 Å². The van der Waals surface area contributed by atoms with Gasteiger partial charge in [0, 0.05) is 15.6 Å². The van der Waals surface area contributed by atoms with E-state index in [0.29, 0.717) is 15.6 Å². The fraction of sp³-hybridized carbons (Fsp3) is 0. The summed E-state index contributed by atoms with van der Waals surface area (Å²) in [6, 6.07) is 23.5. The zero-order chi connectivity index (χ0) is 17.8. The van der Waals surface area contributed by atoms with E-state index in [2.05, 4.69) is 6.07 Å². The fourth-order valence-corrected chi connectivity index (χ4v) is 2.83.